The van der Waals surface area contributed by atoms with E-state index in [9.17, 15) is 4.79 Å². The monoisotopic (exact) mass is 283 g/mol. The van der Waals surface area contributed by atoms with Crippen molar-refractivity contribution in [2.24, 2.45) is 5.73 Å². The van der Waals surface area contributed by atoms with Crippen molar-refractivity contribution in [1.82, 2.24) is 9.80 Å². The molecule has 1 aliphatic heterocycles. The minimum absolute atomic E-state index is 0.0873. The molecule has 0 bridgehead atoms. The fourth-order valence-corrected chi connectivity index (χ4v) is 2.97. The first kappa shape index (κ1) is 14.0. The van der Waals surface area contributed by atoms with Gasteiger partial charge in [-0.25, -0.2) is 0 Å². The van der Waals surface area contributed by atoms with Crippen molar-refractivity contribution < 1.29 is 4.79 Å². The lowest BCUT2D eigenvalue weighted by atomic mass is 10.0. The Labute approximate surface area is 125 Å². The summed E-state index contributed by atoms with van der Waals surface area (Å²) in [6, 6.07) is 14.1. The van der Waals surface area contributed by atoms with Crippen LogP contribution in [0.4, 0.5) is 0 Å². The second kappa shape index (κ2) is 5.84. The molecular formula is C17H21N3O. The van der Waals surface area contributed by atoms with Gasteiger partial charge in [-0.15, -0.1) is 0 Å². The van der Waals surface area contributed by atoms with Crippen molar-refractivity contribution in [2.75, 3.05) is 33.2 Å². The molecule has 0 radical (unpaired) electrons. The molecule has 0 aliphatic carbocycles. The van der Waals surface area contributed by atoms with Crippen LogP contribution >= 0.6 is 0 Å². The first-order valence-electron chi connectivity index (χ1n) is 7.37. The quantitative estimate of drug-likeness (QED) is 0.910. The van der Waals surface area contributed by atoms with Gasteiger partial charge in [0.15, 0.2) is 0 Å². The Morgan fingerprint density at radius 2 is 1.95 bits per heavy atom. The fraction of sp³-hybridized carbons (Fsp3) is 0.353. The van der Waals surface area contributed by atoms with Gasteiger partial charge in [-0.1, -0.05) is 30.3 Å². The topological polar surface area (TPSA) is 49.6 Å². The number of carbonyl (C=O) groups is 1. The smallest absolute Gasteiger partial charge is 0.254 e. The summed E-state index contributed by atoms with van der Waals surface area (Å²) in [6.07, 6.45) is 0. The van der Waals surface area contributed by atoms with Crippen molar-refractivity contribution in [3.8, 4) is 0 Å². The van der Waals surface area contributed by atoms with Crippen LogP contribution < -0.4 is 5.73 Å². The van der Waals surface area contributed by atoms with E-state index in [2.05, 4.69) is 18.0 Å². The number of hydrogen-bond acceptors (Lipinski definition) is 3. The summed E-state index contributed by atoms with van der Waals surface area (Å²) in [5.74, 6) is 0.0873. The summed E-state index contributed by atoms with van der Waals surface area (Å²) in [6.45, 7) is 2.99. The van der Waals surface area contributed by atoms with Crippen LogP contribution in [0.3, 0.4) is 0 Å². The lowest BCUT2D eigenvalue weighted by Gasteiger charge is -2.39. The standard InChI is InChI=1S/C17H21N3O/c1-19-8-9-20(16(11-18)12-19)17(21)15-7-6-13-4-2-3-5-14(13)10-15/h2-7,10,16H,8-9,11-12,18H2,1H3. The summed E-state index contributed by atoms with van der Waals surface area (Å²) < 4.78 is 0. The summed E-state index contributed by atoms with van der Waals surface area (Å²) in [5.41, 5.74) is 6.59. The first-order valence-corrected chi connectivity index (χ1v) is 7.37. The molecule has 1 saturated heterocycles. The molecular weight excluding hydrogens is 262 g/mol. The predicted octanol–water partition coefficient (Wildman–Crippen LogP) is 1.55. The van der Waals surface area contributed by atoms with Crippen molar-refractivity contribution in [2.45, 2.75) is 6.04 Å². The Balaban J connectivity index is 1.88. The van der Waals surface area contributed by atoms with E-state index in [0.717, 1.165) is 36.0 Å². The number of fused-ring (bicyclic) bond motifs is 1. The Bertz CT molecular complexity index is 655. The molecule has 0 spiro atoms. The van der Waals surface area contributed by atoms with Gasteiger partial charge in [0.25, 0.3) is 5.91 Å². The summed E-state index contributed by atoms with van der Waals surface area (Å²) >= 11 is 0. The van der Waals surface area contributed by atoms with E-state index < -0.39 is 0 Å². The summed E-state index contributed by atoms with van der Waals surface area (Å²) in [7, 11) is 2.07. The Morgan fingerprint density at radius 1 is 1.19 bits per heavy atom. The third-order valence-corrected chi connectivity index (χ3v) is 4.22. The van der Waals surface area contributed by atoms with Crippen molar-refractivity contribution in [1.29, 1.82) is 0 Å². The average Bonchev–Trinajstić information content (AvgIpc) is 2.53. The van der Waals surface area contributed by atoms with E-state index in [0.29, 0.717) is 6.54 Å². The van der Waals surface area contributed by atoms with Gasteiger partial charge in [-0.3, -0.25) is 4.79 Å². The van der Waals surface area contributed by atoms with Crippen LogP contribution in [0.5, 0.6) is 0 Å². The van der Waals surface area contributed by atoms with Crippen LogP contribution in [-0.2, 0) is 0 Å². The second-order valence-electron chi connectivity index (χ2n) is 5.71. The zero-order chi connectivity index (χ0) is 14.8. The number of likely N-dealkylation sites (N-methyl/N-ethyl adjacent to an activating group) is 1. The van der Waals surface area contributed by atoms with Crippen LogP contribution in [0, 0.1) is 0 Å². The highest BCUT2D eigenvalue weighted by Crippen LogP contribution is 2.19. The maximum atomic E-state index is 12.8. The molecule has 2 N–H and O–H groups in total. The van der Waals surface area contributed by atoms with Gasteiger partial charge in [-0.05, 0) is 30.0 Å². The maximum absolute atomic E-state index is 12.8. The van der Waals surface area contributed by atoms with Crippen molar-refractivity contribution >= 4 is 16.7 Å². The highest BCUT2D eigenvalue weighted by Gasteiger charge is 2.28. The van der Waals surface area contributed by atoms with Crippen LogP contribution in [0.1, 0.15) is 10.4 Å². The largest absolute Gasteiger partial charge is 0.332 e. The third kappa shape index (κ3) is 2.77. The maximum Gasteiger partial charge on any atom is 0.254 e. The molecule has 1 fully saturated rings. The van der Waals surface area contributed by atoms with E-state index >= 15 is 0 Å². The number of benzene rings is 2. The van der Waals surface area contributed by atoms with E-state index in [1.54, 1.807) is 0 Å². The number of carbonyl (C=O) groups excluding carboxylic acids is 1. The molecule has 1 aliphatic rings. The van der Waals surface area contributed by atoms with Gasteiger partial charge in [0.2, 0.25) is 0 Å². The Morgan fingerprint density at radius 3 is 2.71 bits per heavy atom. The Kier molecular flexibility index (Phi) is 3.90. The van der Waals surface area contributed by atoms with Crippen LogP contribution in [0.25, 0.3) is 10.8 Å². The first-order chi connectivity index (χ1) is 10.2. The summed E-state index contributed by atoms with van der Waals surface area (Å²) in [4.78, 5) is 16.9. The van der Waals surface area contributed by atoms with Crippen LogP contribution in [-0.4, -0.2) is 55.0 Å². The number of nitrogens with zero attached hydrogens (tertiary/aromatic N) is 2. The van der Waals surface area contributed by atoms with Crippen LogP contribution in [0.2, 0.25) is 0 Å². The molecule has 21 heavy (non-hydrogen) atoms. The SMILES string of the molecule is CN1CCN(C(=O)c2ccc3ccccc3c2)C(CN)C1. The zero-order valence-corrected chi connectivity index (χ0v) is 12.3. The molecule has 1 atom stereocenters. The number of amides is 1. The lowest BCUT2D eigenvalue weighted by molar-refractivity contribution is 0.0516. The number of nitrogens with two attached hydrogens (primary N) is 1. The van der Waals surface area contributed by atoms with Crippen molar-refractivity contribution in [3.05, 3.63) is 48.0 Å². The molecule has 1 unspecified atom stereocenters. The molecule has 2 aromatic rings. The minimum Gasteiger partial charge on any atom is -0.332 e. The highest BCUT2D eigenvalue weighted by molar-refractivity contribution is 5.98. The van der Waals surface area contributed by atoms with Gasteiger partial charge >= 0.3 is 0 Å². The third-order valence-electron chi connectivity index (χ3n) is 4.22. The number of hydrogen-bond donors (Lipinski definition) is 1. The van der Waals surface area contributed by atoms with Crippen LogP contribution in [0.15, 0.2) is 42.5 Å². The molecule has 0 aromatic heterocycles. The second-order valence-corrected chi connectivity index (χ2v) is 5.71. The van der Waals surface area contributed by atoms with Gasteiger partial charge in [0, 0.05) is 31.7 Å². The van der Waals surface area contributed by atoms with Gasteiger partial charge in [0.1, 0.15) is 0 Å². The number of piperazine rings is 1. The Hall–Kier alpha value is -1.91. The zero-order valence-electron chi connectivity index (χ0n) is 12.3. The molecule has 1 heterocycles. The van der Waals surface area contributed by atoms with E-state index in [4.69, 9.17) is 5.73 Å². The predicted molar refractivity (Wildman–Crippen MR) is 85.3 cm³/mol. The highest BCUT2D eigenvalue weighted by atomic mass is 16.2. The molecule has 3 rings (SSSR count). The van der Waals surface area contributed by atoms with Gasteiger partial charge in [-0.2, -0.15) is 0 Å². The molecule has 4 nitrogen and oxygen atoms in total. The fourth-order valence-electron chi connectivity index (χ4n) is 2.97. The lowest BCUT2D eigenvalue weighted by Crippen LogP contribution is -2.56. The normalized spacial score (nSPS) is 19.9. The van der Waals surface area contributed by atoms with E-state index in [-0.39, 0.29) is 11.9 Å². The minimum atomic E-state index is 0.0873. The van der Waals surface area contributed by atoms with Gasteiger partial charge < -0.3 is 15.5 Å². The molecule has 0 saturated carbocycles. The molecule has 4 heteroatoms. The average molecular weight is 283 g/mol. The molecule has 110 valence electrons. The number of rotatable bonds is 2. The van der Waals surface area contributed by atoms with Crippen molar-refractivity contribution in [3.63, 3.8) is 0 Å². The van der Waals surface area contributed by atoms with Gasteiger partial charge in [0.05, 0.1) is 6.04 Å². The van der Waals surface area contributed by atoms with E-state index in [1.807, 2.05) is 41.3 Å². The van der Waals surface area contributed by atoms with E-state index in [1.165, 1.54) is 0 Å². The molecule has 1 amide bonds. The summed E-state index contributed by atoms with van der Waals surface area (Å²) in [5, 5.41) is 2.25. The molecule has 2 aromatic carbocycles.